The molecule has 0 unspecified atom stereocenters. The molecule has 2 heterocycles. The van der Waals surface area contributed by atoms with Gasteiger partial charge in [0.15, 0.2) is 5.69 Å². The number of hydrogen-bond donors (Lipinski definition) is 0. The molecule has 0 aliphatic carbocycles. The van der Waals surface area contributed by atoms with Crippen LogP contribution in [0.25, 0.3) is 0 Å². The van der Waals surface area contributed by atoms with E-state index in [0.717, 1.165) is 30.4 Å². The first kappa shape index (κ1) is 23.7. The van der Waals surface area contributed by atoms with Crippen molar-refractivity contribution in [3.63, 3.8) is 0 Å². The smallest absolute Gasteiger partial charge is 0.228 e. The van der Waals surface area contributed by atoms with E-state index >= 15 is 0 Å². The number of carbonyl (C=O) groups excluding carboxylic acids is 1. The zero-order valence-electron chi connectivity index (χ0n) is 20.1. The first-order valence-corrected chi connectivity index (χ1v) is 11.9. The second kappa shape index (κ2) is 11.1. The van der Waals surface area contributed by atoms with Gasteiger partial charge in [-0.25, -0.2) is 4.68 Å². The molecule has 3 aromatic rings. The Hall–Kier alpha value is -3.43. The molecule has 0 bridgehead atoms. The molecule has 0 saturated carbocycles. The molecule has 2 aromatic carbocycles. The minimum atomic E-state index is -0.166. The minimum Gasteiger partial charge on any atom is -0.374 e. The highest BCUT2D eigenvalue weighted by Gasteiger charge is 2.35. The van der Waals surface area contributed by atoms with Crippen LogP contribution in [-0.4, -0.2) is 45.1 Å². The fraction of sp³-hybridized carbons (Fsp3) is 0.393. The summed E-state index contributed by atoms with van der Waals surface area (Å²) >= 11 is 0. The average Bonchev–Trinajstić information content (AvgIpc) is 3.53. The Balaban J connectivity index is 1.28. The van der Waals surface area contributed by atoms with Crippen LogP contribution < -0.4 is 0 Å². The molecule has 4 rings (SSSR count). The van der Waals surface area contributed by atoms with E-state index in [-0.39, 0.29) is 30.1 Å². The molecule has 176 valence electrons. The highest BCUT2D eigenvalue weighted by molar-refractivity contribution is 5.78. The summed E-state index contributed by atoms with van der Waals surface area (Å²) in [5, 5.41) is 8.46. The van der Waals surface area contributed by atoms with E-state index in [9.17, 15) is 4.79 Å². The predicted octanol–water partition coefficient (Wildman–Crippen LogP) is 4.47. The van der Waals surface area contributed by atoms with Crippen LogP contribution in [0, 0.1) is 17.8 Å². The Morgan fingerprint density at radius 2 is 1.79 bits per heavy atom. The molecule has 34 heavy (non-hydrogen) atoms. The summed E-state index contributed by atoms with van der Waals surface area (Å²) in [6.07, 6.45) is 4.62. The molecule has 1 amide bonds. The number of nitrogens with zero attached hydrogens (tertiary/aromatic N) is 4. The summed E-state index contributed by atoms with van der Waals surface area (Å²) in [6.45, 7) is 4.70. The monoisotopic (exact) mass is 456 g/mol. The molecule has 4 atom stereocenters. The van der Waals surface area contributed by atoms with Crippen molar-refractivity contribution in [2.45, 2.75) is 57.9 Å². The topological polar surface area (TPSA) is 60.2 Å². The number of hydrogen-bond acceptors (Lipinski definition) is 4. The summed E-state index contributed by atoms with van der Waals surface area (Å²) in [4.78, 5) is 14.8. The summed E-state index contributed by atoms with van der Waals surface area (Å²) in [5.41, 5.74) is 2.74. The molecule has 1 saturated heterocycles. The van der Waals surface area contributed by atoms with Gasteiger partial charge in [-0.2, -0.15) is 0 Å². The number of aromatic nitrogens is 3. The van der Waals surface area contributed by atoms with Crippen molar-refractivity contribution in [2.75, 3.05) is 7.05 Å². The molecular formula is C28H32N4O2. The van der Waals surface area contributed by atoms with Crippen LogP contribution in [0.1, 0.15) is 56.0 Å². The van der Waals surface area contributed by atoms with Crippen molar-refractivity contribution in [3.05, 3.63) is 83.7 Å². The molecule has 0 radical (unpaired) electrons. The van der Waals surface area contributed by atoms with E-state index < -0.39 is 0 Å². The highest BCUT2D eigenvalue weighted by atomic mass is 16.5. The van der Waals surface area contributed by atoms with Crippen molar-refractivity contribution in [1.29, 1.82) is 0 Å². The highest BCUT2D eigenvalue weighted by Crippen LogP contribution is 2.31. The summed E-state index contributed by atoms with van der Waals surface area (Å²) in [6, 6.07) is 20.0. The molecule has 1 aliphatic heterocycles. The van der Waals surface area contributed by atoms with Crippen molar-refractivity contribution < 1.29 is 9.53 Å². The largest absolute Gasteiger partial charge is 0.374 e. The Morgan fingerprint density at radius 1 is 1.09 bits per heavy atom. The standard InChI is InChI=1S/C28H32N4O2/c1-21(32-20-25(29-30-32)15-14-23-10-6-4-7-11-23)18-26-16-17-27(34-26)22(2)28(33)31(3)19-24-12-8-5-9-13-24/h4-13,20-22,26-27H,16-19H2,1-3H3/t21-,22-,26+,27-/m1/s1. The molecule has 0 spiro atoms. The van der Waals surface area contributed by atoms with Crippen LogP contribution in [0.4, 0.5) is 0 Å². The van der Waals surface area contributed by atoms with Gasteiger partial charge in [-0.1, -0.05) is 66.6 Å². The van der Waals surface area contributed by atoms with E-state index in [4.69, 9.17) is 4.74 Å². The molecule has 6 nitrogen and oxygen atoms in total. The summed E-state index contributed by atoms with van der Waals surface area (Å²) in [5.74, 6) is 6.15. The molecule has 1 aromatic heterocycles. The third-order valence-electron chi connectivity index (χ3n) is 6.40. The van der Waals surface area contributed by atoms with Crippen LogP contribution in [0.5, 0.6) is 0 Å². The van der Waals surface area contributed by atoms with E-state index in [1.54, 1.807) is 4.90 Å². The van der Waals surface area contributed by atoms with E-state index in [0.29, 0.717) is 12.2 Å². The zero-order chi connectivity index (χ0) is 23.9. The second-order valence-corrected chi connectivity index (χ2v) is 9.13. The molecular weight excluding hydrogens is 424 g/mol. The lowest BCUT2D eigenvalue weighted by Crippen LogP contribution is -2.37. The maximum atomic E-state index is 13.0. The van der Waals surface area contributed by atoms with Gasteiger partial charge in [0.25, 0.3) is 0 Å². The van der Waals surface area contributed by atoms with Crippen LogP contribution >= 0.6 is 0 Å². The lowest BCUT2D eigenvalue weighted by atomic mass is 9.99. The predicted molar refractivity (Wildman–Crippen MR) is 132 cm³/mol. The Morgan fingerprint density at radius 3 is 2.53 bits per heavy atom. The third kappa shape index (κ3) is 6.12. The van der Waals surface area contributed by atoms with E-state index in [1.807, 2.05) is 85.5 Å². The van der Waals surface area contributed by atoms with Gasteiger partial charge in [0, 0.05) is 19.2 Å². The number of benzene rings is 2. The second-order valence-electron chi connectivity index (χ2n) is 9.13. The molecule has 6 heteroatoms. The van der Waals surface area contributed by atoms with Crippen LogP contribution in [-0.2, 0) is 16.1 Å². The first-order valence-electron chi connectivity index (χ1n) is 11.9. The zero-order valence-corrected chi connectivity index (χ0v) is 20.1. The maximum absolute atomic E-state index is 13.0. The SMILES string of the molecule is C[C@H](C[C@@H]1CC[C@H]([C@@H](C)C(=O)N(C)Cc2ccccc2)O1)n1cc(C#Cc2ccccc2)nn1. The normalized spacial score (nSPS) is 19.1. The Kier molecular flexibility index (Phi) is 7.76. The van der Waals surface area contributed by atoms with Gasteiger partial charge >= 0.3 is 0 Å². The Labute approximate surface area is 201 Å². The van der Waals surface area contributed by atoms with Gasteiger partial charge in [-0.15, -0.1) is 5.10 Å². The quantitative estimate of drug-likeness (QED) is 0.492. The number of ether oxygens (including phenoxy) is 1. The molecule has 1 aliphatic rings. The van der Waals surface area contributed by atoms with Gasteiger partial charge in [0.1, 0.15) is 0 Å². The number of carbonyl (C=O) groups is 1. The van der Waals surface area contributed by atoms with Crippen LogP contribution in [0.15, 0.2) is 66.9 Å². The van der Waals surface area contributed by atoms with Crippen molar-refractivity contribution in [2.24, 2.45) is 5.92 Å². The van der Waals surface area contributed by atoms with Crippen LogP contribution in [0.2, 0.25) is 0 Å². The van der Waals surface area contributed by atoms with Gasteiger partial charge in [-0.3, -0.25) is 4.79 Å². The van der Waals surface area contributed by atoms with E-state index in [1.165, 1.54) is 0 Å². The molecule has 0 N–H and O–H groups in total. The van der Waals surface area contributed by atoms with Crippen molar-refractivity contribution in [3.8, 4) is 11.8 Å². The van der Waals surface area contributed by atoms with E-state index in [2.05, 4.69) is 29.1 Å². The van der Waals surface area contributed by atoms with Crippen LogP contribution in [0.3, 0.4) is 0 Å². The third-order valence-corrected chi connectivity index (χ3v) is 6.40. The molecule has 1 fully saturated rings. The lowest BCUT2D eigenvalue weighted by Gasteiger charge is -2.26. The number of rotatable bonds is 7. The van der Waals surface area contributed by atoms with Gasteiger partial charge in [0.05, 0.1) is 30.4 Å². The number of amides is 1. The Bertz CT molecular complexity index is 1130. The average molecular weight is 457 g/mol. The van der Waals surface area contributed by atoms with Gasteiger partial charge in [0.2, 0.25) is 5.91 Å². The van der Waals surface area contributed by atoms with Gasteiger partial charge in [-0.05, 0) is 49.8 Å². The lowest BCUT2D eigenvalue weighted by molar-refractivity contribution is -0.139. The van der Waals surface area contributed by atoms with Gasteiger partial charge < -0.3 is 9.64 Å². The first-order chi connectivity index (χ1) is 16.5. The fourth-order valence-corrected chi connectivity index (χ4v) is 4.41. The fourth-order valence-electron chi connectivity index (χ4n) is 4.41. The van der Waals surface area contributed by atoms with Crippen molar-refractivity contribution in [1.82, 2.24) is 19.9 Å². The summed E-state index contributed by atoms with van der Waals surface area (Å²) < 4.78 is 8.17. The maximum Gasteiger partial charge on any atom is 0.228 e. The minimum absolute atomic E-state index is 0.0500. The van der Waals surface area contributed by atoms with Crippen molar-refractivity contribution >= 4 is 5.91 Å². The summed E-state index contributed by atoms with van der Waals surface area (Å²) in [7, 11) is 1.86.